The van der Waals surface area contributed by atoms with Gasteiger partial charge in [0, 0.05) is 6.04 Å². The molecule has 1 aromatic rings. The van der Waals surface area contributed by atoms with E-state index < -0.39 is 0 Å². The van der Waals surface area contributed by atoms with Crippen LogP contribution in [-0.4, -0.2) is 6.04 Å². The molecule has 0 spiro atoms. The Morgan fingerprint density at radius 1 is 1.36 bits per heavy atom. The van der Waals surface area contributed by atoms with Crippen LogP contribution >= 0.6 is 23.2 Å². The van der Waals surface area contributed by atoms with Crippen LogP contribution in [0.2, 0.25) is 10.0 Å². The lowest BCUT2D eigenvalue weighted by molar-refractivity contribution is 0.592. The molecule has 0 aromatic heterocycles. The number of benzene rings is 1. The van der Waals surface area contributed by atoms with Gasteiger partial charge in [-0.25, -0.2) is 0 Å². The van der Waals surface area contributed by atoms with Crippen LogP contribution < -0.4 is 5.73 Å². The molecule has 3 heteroatoms. The molecule has 14 heavy (non-hydrogen) atoms. The van der Waals surface area contributed by atoms with Crippen molar-refractivity contribution in [2.75, 3.05) is 0 Å². The van der Waals surface area contributed by atoms with Crippen molar-refractivity contribution >= 4 is 23.2 Å². The largest absolute Gasteiger partial charge is 0.327 e. The molecule has 1 atom stereocenters. The smallest absolute Gasteiger partial charge is 0.0624 e. The van der Waals surface area contributed by atoms with E-state index >= 15 is 0 Å². The molecule has 2 N–H and O–H groups in total. The SMILES string of the molecule is NC(Cc1cccc(Cl)c1Cl)C1CC1. The second-order valence-electron chi connectivity index (χ2n) is 3.92. The van der Waals surface area contributed by atoms with Gasteiger partial charge in [0.15, 0.2) is 0 Å². The van der Waals surface area contributed by atoms with Crippen molar-refractivity contribution in [1.82, 2.24) is 0 Å². The first kappa shape index (κ1) is 10.3. The highest BCUT2D eigenvalue weighted by atomic mass is 35.5. The molecular formula is C11H13Cl2N. The van der Waals surface area contributed by atoms with Gasteiger partial charge in [0.2, 0.25) is 0 Å². The maximum Gasteiger partial charge on any atom is 0.0624 e. The Labute approximate surface area is 94.2 Å². The summed E-state index contributed by atoms with van der Waals surface area (Å²) in [6.45, 7) is 0. The highest BCUT2D eigenvalue weighted by Crippen LogP contribution is 2.34. The zero-order valence-electron chi connectivity index (χ0n) is 7.84. The van der Waals surface area contributed by atoms with Gasteiger partial charge in [-0.1, -0.05) is 35.3 Å². The van der Waals surface area contributed by atoms with Gasteiger partial charge in [-0.05, 0) is 36.8 Å². The fourth-order valence-electron chi connectivity index (χ4n) is 1.65. The minimum absolute atomic E-state index is 0.242. The van der Waals surface area contributed by atoms with Gasteiger partial charge >= 0.3 is 0 Å². The average molecular weight is 230 g/mol. The summed E-state index contributed by atoms with van der Waals surface area (Å²) in [6.07, 6.45) is 3.36. The maximum absolute atomic E-state index is 6.07. The fourth-order valence-corrected chi connectivity index (χ4v) is 2.05. The zero-order chi connectivity index (χ0) is 10.1. The molecule has 1 saturated carbocycles. The molecule has 1 fully saturated rings. The van der Waals surface area contributed by atoms with Crippen LogP contribution in [0, 0.1) is 5.92 Å². The first-order chi connectivity index (χ1) is 6.68. The molecule has 0 saturated heterocycles. The summed E-state index contributed by atoms with van der Waals surface area (Å²) in [5.74, 6) is 0.699. The Morgan fingerprint density at radius 3 is 2.71 bits per heavy atom. The lowest BCUT2D eigenvalue weighted by Crippen LogP contribution is -2.25. The molecule has 1 aromatic carbocycles. The summed E-state index contributed by atoms with van der Waals surface area (Å²) < 4.78 is 0. The van der Waals surface area contributed by atoms with E-state index in [1.807, 2.05) is 12.1 Å². The molecule has 0 amide bonds. The van der Waals surface area contributed by atoms with Gasteiger partial charge in [-0.3, -0.25) is 0 Å². The van der Waals surface area contributed by atoms with Crippen LogP contribution in [0.1, 0.15) is 18.4 Å². The van der Waals surface area contributed by atoms with Crippen molar-refractivity contribution in [3.05, 3.63) is 33.8 Å². The van der Waals surface area contributed by atoms with Crippen LogP contribution in [0.4, 0.5) is 0 Å². The third kappa shape index (κ3) is 2.22. The van der Waals surface area contributed by atoms with Crippen molar-refractivity contribution in [2.24, 2.45) is 11.7 Å². The summed E-state index contributed by atoms with van der Waals surface area (Å²) in [4.78, 5) is 0. The van der Waals surface area contributed by atoms with E-state index in [0.717, 1.165) is 12.0 Å². The molecule has 0 bridgehead atoms. The highest BCUT2D eigenvalue weighted by molar-refractivity contribution is 6.42. The Morgan fingerprint density at radius 2 is 2.07 bits per heavy atom. The van der Waals surface area contributed by atoms with Crippen LogP contribution in [0.25, 0.3) is 0 Å². The molecule has 76 valence electrons. The third-order valence-corrected chi connectivity index (χ3v) is 3.57. The van der Waals surface area contributed by atoms with E-state index in [9.17, 15) is 0 Å². The molecule has 1 nitrogen and oxygen atoms in total. The summed E-state index contributed by atoms with van der Waals surface area (Å²) >= 11 is 12.0. The van der Waals surface area contributed by atoms with Crippen LogP contribution in [0.5, 0.6) is 0 Å². The van der Waals surface area contributed by atoms with E-state index in [4.69, 9.17) is 28.9 Å². The second-order valence-corrected chi connectivity index (χ2v) is 4.70. The second kappa shape index (κ2) is 4.09. The molecule has 1 aliphatic rings. The van der Waals surface area contributed by atoms with E-state index in [1.54, 1.807) is 6.07 Å². The molecule has 0 heterocycles. The topological polar surface area (TPSA) is 26.0 Å². The summed E-state index contributed by atoms with van der Waals surface area (Å²) in [7, 11) is 0. The normalized spacial score (nSPS) is 18.2. The first-order valence-electron chi connectivity index (χ1n) is 4.87. The van der Waals surface area contributed by atoms with Crippen LogP contribution in [-0.2, 0) is 6.42 Å². The standard InChI is InChI=1S/C11H13Cl2N/c12-9-3-1-2-8(11(9)13)6-10(14)7-4-5-7/h1-3,7,10H,4-6,14H2. The Kier molecular flexibility index (Phi) is 3.01. The fraction of sp³-hybridized carbons (Fsp3) is 0.455. The van der Waals surface area contributed by atoms with E-state index in [1.165, 1.54) is 12.8 Å². The maximum atomic E-state index is 6.07. The molecule has 1 aliphatic carbocycles. The van der Waals surface area contributed by atoms with E-state index in [-0.39, 0.29) is 6.04 Å². The lowest BCUT2D eigenvalue weighted by atomic mass is 10.0. The average Bonchev–Trinajstić information content (AvgIpc) is 2.95. The Balaban J connectivity index is 2.11. The Bertz CT molecular complexity index is 334. The van der Waals surface area contributed by atoms with Gasteiger partial charge in [0.05, 0.1) is 10.0 Å². The van der Waals surface area contributed by atoms with Gasteiger partial charge < -0.3 is 5.73 Å². The van der Waals surface area contributed by atoms with Crippen molar-refractivity contribution in [1.29, 1.82) is 0 Å². The Hall–Kier alpha value is -0.240. The quantitative estimate of drug-likeness (QED) is 0.847. The first-order valence-corrected chi connectivity index (χ1v) is 5.62. The molecular weight excluding hydrogens is 217 g/mol. The highest BCUT2D eigenvalue weighted by Gasteiger charge is 2.28. The van der Waals surface area contributed by atoms with Crippen molar-refractivity contribution in [3.63, 3.8) is 0 Å². The van der Waals surface area contributed by atoms with Gasteiger partial charge in [-0.2, -0.15) is 0 Å². The summed E-state index contributed by atoms with van der Waals surface area (Å²) in [5.41, 5.74) is 7.10. The predicted molar refractivity (Wildman–Crippen MR) is 60.9 cm³/mol. The molecule has 0 aliphatic heterocycles. The predicted octanol–water partition coefficient (Wildman–Crippen LogP) is 3.27. The number of hydrogen-bond acceptors (Lipinski definition) is 1. The van der Waals surface area contributed by atoms with Crippen LogP contribution in [0.15, 0.2) is 18.2 Å². The van der Waals surface area contributed by atoms with Gasteiger partial charge in [0.25, 0.3) is 0 Å². The third-order valence-electron chi connectivity index (χ3n) is 2.71. The van der Waals surface area contributed by atoms with Crippen LogP contribution in [0.3, 0.4) is 0 Å². The van der Waals surface area contributed by atoms with Gasteiger partial charge in [-0.15, -0.1) is 0 Å². The monoisotopic (exact) mass is 229 g/mol. The molecule has 1 unspecified atom stereocenters. The minimum Gasteiger partial charge on any atom is -0.327 e. The van der Waals surface area contributed by atoms with Crippen molar-refractivity contribution in [3.8, 4) is 0 Å². The van der Waals surface area contributed by atoms with Crippen molar-refractivity contribution < 1.29 is 0 Å². The van der Waals surface area contributed by atoms with E-state index in [0.29, 0.717) is 16.0 Å². The number of halogens is 2. The minimum atomic E-state index is 0.242. The lowest BCUT2D eigenvalue weighted by Gasteiger charge is -2.11. The summed E-state index contributed by atoms with van der Waals surface area (Å²) in [5, 5.41) is 1.28. The number of rotatable bonds is 3. The van der Waals surface area contributed by atoms with Crippen molar-refractivity contribution in [2.45, 2.75) is 25.3 Å². The molecule has 2 rings (SSSR count). The zero-order valence-corrected chi connectivity index (χ0v) is 9.35. The van der Waals surface area contributed by atoms with E-state index in [2.05, 4.69) is 0 Å². The summed E-state index contributed by atoms with van der Waals surface area (Å²) in [6, 6.07) is 5.96. The number of nitrogens with two attached hydrogens (primary N) is 1. The molecule has 0 radical (unpaired) electrons. The van der Waals surface area contributed by atoms with Gasteiger partial charge in [0.1, 0.15) is 0 Å². The number of hydrogen-bond donors (Lipinski definition) is 1.